The number of carbonyl (C=O) groups excluding carboxylic acids is 1. The second-order valence-electron chi connectivity index (χ2n) is 5.39. The summed E-state index contributed by atoms with van der Waals surface area (Å²) in [5.74, 6) is 0.420. The molecule has 0 aliphatic carbocycles. The van der Waals surface area contributed by atoms with Crippen LogP contribution in [0.5, 0.6) is 0 Å². The van der Waals surface area contributed by atoms with Crippen molar-refractivity contribution in [2.24, 2.45) is 5.10 Å². The molecule has 0 aliphatic heterocycles. The minimum atomic E-state index is -0.185. The van der Waals surface area contributed by atoms with E-state index in [1.165, 1.54) is 11.8 Å². The molecule has 0 unspecified atom stereocenters. The monoisotopic (exact) mass is 321 g/mol. The van der Waals surface area contributed by atoms with E-state index in [1.807, 2.05) is 48.5 Å². The van der Waals surface area contributed by atoms with E-state index in [1.54, 1.807) is 0 Å². The van der Waals surface area contributed by atoms with Gasteiger partial charge in [-0.05, 0) is 30.7 Å². The van der Waals surface area contributed by atoms with E-state index >= 15 is 0 Å². The van der Waals surface area contributed by atoms with E-state index in [4.69, 9.17) is 4.42 Å². The van der Waals surface area contributed by atoms with Crippen molar-refractivity contribution in [1.29, 1.82) is 0 Å². The summed E-state index contributed by atoms with van der Waals surface area (Å²) in [5.41, 5.74) is 4.52. The van der Waals surface area contributed by atoms with Crippen LogP contribution in [0, 0.1) is 0 Å². The van der Waals surface area contributed by atoms with Crippen LogP contribution in [0.2, 0.25) is 0 Å². The molecule has 3 rings (SSSR count). The van der Waals surface area contributed by atoms with Gasteiger partial charge in [0.05, 0.1) is 12.8 Å². The maximum absolute atomic E-state index is 11.7. The third-order valence-electron chi connectivity index (χ3n) is 3.54. The van der Waals surface area contributed by atoms with Gasteiger partial charge in [-0.15, -0.1) is 0 Å². The van der Waals surface area contributed by atoms with Crippen molar-refractivity contribution in [2.75, 3.05) is 13.1 Å². The lowest BCUT2D eigenvalue weighted by Gasteiger charge is -2.03. The van der Waals surface area contributed by atoms with E-state index < -0.39 is 0 Å². The Hall–Kier alpha value is -2.92. The average molecular weight is 321 g/mol. The number of hydrogen-bond donors (Lipinski definition) is 2. The molecule has 3 aromatic rings. The first-order chi connectivity index (χ1) is 11.8. The molecule has 1 amide bonds. The quantitative estimate of drug-likeness (QED) is 0.399. The summed E-state index contributed by atoms with van der Waals surface area (Å²) < 4.78 is 5.58. The number of hydrogen-bond acceptors (Lipinski definition) is 4. The van der Waals surface area contributed by atoms with Crippen LogP contribution in [0.4, 0.5) is 0 Å². The summed E-state index contributed by atoms with van der Waals surface area (Å²) >= 11 is 0. The van der Waals surface area contributed by atoms with Gasteiger partial charge in [0.15, 0.2) is 0 Å². The standard InChI is InChI=1S/C19H19N3O2/c23-19(14-20-11-10-15-6-2-1-3-7-15)22-21-13-17-12-16-8-4-5-9-18(16)24-17/h1-9,12-13,20H,10-11,14H2,(H,22,23)/b21-13+. The molecular formula is C19H19N3O2. The minimum Gasteiger partial charge on any atom is -0.455 e. The van der Waals surface area contributed by atoms with E-state index in [2.05, 4.69) is 28.0 Å². The number of amides is 1. The van der Waals surface area contributed by atoms with Gasteiger partial charge in [-0.2, -0.15) is 5.10 Å². The molecule has 0 saturated carbocycles. The highest BCUT2D eigenvalue weighted by Crippen LogP contribution is 2.17. The van der Waals surface area contributed by atoms with Crippen LogP contribution in [0.1, 0.15) is 11.3 Å². The summed E-state index contributed by atoms with van der Waals surface area (Å²) in [7, 11) is 0. The summed E-state index contributed by atoms with van der Waals surface area (Å²) in [6, 6.07) is 19.7. The van der Waals surface area contributed by atoms with Gasteiger partial charge in [-0.25, -0.2) is 5.43 Å². The van der Waals surface area contributed by atoms with Crippen molar-refractivity contribution >= 4 is 23.1 Å². The zero-order valence-corrected chi connectivity index (χ0v) is 13.2. The first-order valence-electron chi connectivity index (χ1n) is 7.86. The van der Waals surface area contributed by atoms with E-state index in [-0.39, 0.29) is 12.5 Å². The third kappa shape index (κ3) is 4.54. The zero-order chi connectivity index (χ0) is 16.6. The topological polar surface area (TPSA) is 66.6 Å². The second-order valence-corrected chi connectivity index (χ2v) is 5.39. The fraction of sp³-hybridized carbons (Fsp3) is 0.158. The highest BCUT2D eigenvalue weighted by molar-refractivity contribution is 5.87. The van der Waals surface area contributed by atoms with Crippen LogP contribution in [-0.2, 0) is 11.2 Å². The van der Waals surface area contributed by atoms with Gasteiger partial charge < -0.3 is 9.73 Å². The average Bonchev–Trinajstić information content (AvgIpc) is 3.02. The number of fused-ring (bicyclic) bond motifs is 1. The van der Waals surface area contributed by atoms with E-state index in [0.29, 0.717) is 5.76 Å². The number of para-hydroxylation sites is 1. The van der Waals surface area contributed by atoms with Crippen molar-refractivity contribution in [3.05, 3.63) is 72.0 Å². The molecule has 0 aliphatic rings. The molecule has 1 aromatic heterocycles. The molecule has 0 bridgehead atoms. The molecule has 0 spiro atoms. The summed E-state index contributed by atoms with van der Waals surface area (Å²) in [6.07, 6.45) is 2.39. The van der Waals surface area contributed by atoms with Crippen LogP contribution < -0.4 is 10.7 Å². The first-order valence-corrected chi connectivity index (χ1v) is 7.86. The van der Waals surface area contributed by atoms with Crippen LogP contribution in [0.15, 0.2) is 70.2 Å². The molecule has 0 fully saturated rings. The lowest BCUT2D eigenvalue weighted by atomic mass is 10.1. The number of nitrogens with zero attached hydrogens (tertiary/aromatic N) is 1. The molecule has 2 N–H and O–H groups in total. The maximum Gasteiger partial charge on any atom is 0.254 e. The fourth-order valence-electron chi connectivity index (χ4n) is 2.35. The molecule has 5 heteroatoms. The molecule has 0 radical (unpaired) electrons. The smallest absolute Gasteiger partial charge is 0.254 e. The summed E-state index contributed by atoms with van der Waals surface area (Å²) in [6.45, 7) is 0.967. The van der Waals surface area contributed by atoms with Crippen molar-refractivity contribution in [3.63, 3.8) is 0 Å². The van der Waals surface area contributed by atoms with Gasteiger partial charge in [0.25, 0.3) is 5.91 Å². The normalized spacial score (nSPS) is 11.2. The van der Waals surface area contributed by atoms with Gasteiger partial charge in [0, 0.05) is 5.39 Å². The zero-order valence-electron chi connectivity index (χ0n) is 13.2. The first kappa shape index (κ1) is 16.0. The lowest BCUT2D eigenvalue weighted by Crippen LogP contribution is -2.32. The van der Waals surface area contributed by atoms with Gasteiger partial charge >= 0.3 is 0 Å². The highest BCUT2D eigenvalue weighted by Gasteiger charge is 2.01. The van der Waals surface area contributed by atoms with E-state index in [9.17, 15) is 4.79 Å². The lowest BCUT2D eigenvalue weighted by molar-refractivity contribution is -0.120. The maximum atomic E-state index is 11.7. The molecule has 5 nitrogen and oxygen atoms in total. The van der Waals surface area contributed by atoms with Crippen molar-refractivity contribution in [3.8, 4) is 0 Å². The Morgan fingerprint density at radius 2 is 1.88 bits per heavy atom. The number of rotatable bonds is 7. The Morgan fingerprint density at radius 1 is 1.08 bits per heavy atom. The van der Waals surface area contributed by atoms with Crippen LogP contribution in [0.3, 0.4) is 0 Å². The van der Waals surface area contributed by atoms with E-state index in [0.717, 1.165) is 23.9 Å². The third-order valence-corrected chi connectivity index (χ3v) is 3.54. The van der Waals surface area contributed by atoms with Gasteiger partial charge in [-0.3, -0.25) is 4.79 Å². The molecule has 0 saturated heterocycles. The Balaban J connectivity index is 1.39. The molecular weight excluding hydrogens is 302 g/mol. The Bertz CT molecular complexity index is 792. The summed E-state index contributed by atoms with van der Waals surface area (Å²) in [4.78, 5) is 11.7. The number of furan rings is 1. The molecule has 1 heterocycles. The summed E-state index contributed by atoms with van der Waals surface area (Å²) in [5, 5.41) is 8.02. The fourth-order valence-corrected chi connectivity index (χ4v) is 2.35. The minimum absolute atomic E-state index is 0.185. The largest absolute Gasteiger partial charge is 0.455 e. The Kier molecular flexibility index (Phi) is 5.37. The Morgan fingerprint density at radius 3 is 2.71 bits per heavy atom. The number of nitrogens with one attached hydrogen (secondary N) is 2. The molecule has 122 valence electrons. The predicted molar refractivity (Wildman–Crippen MR) is 95.0 cm³/mol. The van der Waals surface area contributed by atoms with Crippen molar-refractivity contribution in [1.82, 2.24) is 10.7 Å². The Labute approximate surface area is 140 Å². The molecule has 24 heavy (non-hydrogen) atoms. The van der Waals surface area contributed by atoms with Gasteiger partial charge in [-0.1, -0.05) is 48.5 Å². The van der Waals surface area contributed by atoms with Crippen LogP contribution in [0.25, 0.3) is 11.0 Å². The molecule has 0 atom stereocenters. The predicted octanol–water partition coefficient (Wildman–Crippen LogP) is 2.72. The highest BCUT2D eigenvalue weighted by atomic mass is 16.3. The van der Waals surface area contributed by atoms with Gasteiger partial charge in [0.2, 0.25) is 0 Å². The van der Waals surface area contributed by atoms with Gasteiger partial charge in [0.1, 0.15) is 11.3 Å². The van der Waals surface area contributed by atoms with Crippen LogP contribution in [-0.4, -0.2) is 25.2 Å². The number of benzene rings is 2. The molecule has 2 aromatic carbocycles. The number of hydrazone groups is 1. The van der Waals surface area contributed by atoms with Crippen molar-refractivity contribution in [2.45, 2.75) is 6.42 Å². The van der Waals surface area contributed by atoms with Crippen molar-refractivity contribution < 1.29 is 9.21 Å². The SMILES string of the molecule is O=C(CNCCc1ccccc1)N/N=C/c1cc2ccccc2o1. The van der Waals surface area contributed by atoms with Crippen LogP contribution >= 0.6 is 0 Å². The second kappa shape index (κ2) is 8.08. The number of carbonyl (C=O) groups is 1.